The van der Waals surface area contributed by atoms with Crippen LogP contribution < -0.4 is 16.4 Å². The maximum absolute atomic E-state index is 14.2. The summed E-state index contributed by atoms with van der Waals surface area (Å²) in [5, 5.41) is 11.3. The van der Waals surface area contributed by atoms with Crippen molar-refractivity contribution >= 4 is 35.2 Å². The Hall–Kier alpha value is -4.05. The zero-order valence-corrected chi connectivity index (χ0v) is 25.0. The van der Waals surface area contributed by atoms with Crippen molar-refractivity contribution in [3.63, 3.8) is 0 Å². The smallest absolute Gasteiger partial charge is 0.383 e. The van der Waals surface area contributed by atoms with Gasteiger partial charge in [0, 0.05) is 51.4 Å². The van der Waals surface area contributed by atoms with Gasteiger partial charge in [0.1, 0.15) is 17.9 Å². The molecule has 0 saturated carbocycles. The predicted molar refractivity (Wildman–Crippen MR) is 163 cm³/mol. The van der Waals surface area contributed by atoms with Crippen LogP contribution in [0.1, 0.15) is 11.1 Å². The molecule has 3 heterocycles. The van der Waals surface area contributed by atoms with Crippen LogP contribution in [-0.4, -0.2) is 106 Å². The molecule has 2 amide bonds. The summed E-state index contributed by atoms with van der Waals surface area (Å²) in [6, 6.07) is 7.86. The number of nitrogens with zero attached hydrogens (tertiary/aromatic N) is 5. The van der Waals surface area contributed by atoms with Gasteiger partial charge in [0.25, 0.3) is 0 Å². The van der Waals surface area contributed by atoms with Gasteiger partial charge >= 0.3 is 12.2 Å². The van der Waals surface area contributed by atoms with E-state index in [1.54, 1.807) is 19.2 Å². The summed E-state index contributed by atoms with van der Waals surface area (Å²) in [4.78, 5) is 21.4. The van der Waals surface area contributed by atoms with Crippen LogP contribution in [0.4, 0.5) is 33.7 Å². The minimum atomic E-state index is -4.68. The van der Waals surface area contributed by atoms with E-state index in [0.717, 1.165) is 43.0 Å². The molecule has 2 atom stereocenters. The summed E-state index contributed by atoms with van der Waals surface area (Å²) >= 11 is 0. The van der Waals surface area contributed by atoms with E-state index < -0.39 is 29.3 Å². The van der Waals surface area contributed by atoms with Gasteiger partial charge < -0.3 is 30.7 Å². The molecule has 0 aromatic heterocycles. The lowest BCUT2D eigenvalue weighted by Gasteiger charge is -2.36. The summed E-state index contributed by atoms with van der Waals surface area (Å²) in [6.45, 7) is 5.64. The zero-order valence-electron chi connectivity index (χ0n) is 25.0. The Labute approximate surface area is 258 Å². The Morgan fingerprint density at radius 3 is 2.58 bits per heavy atom. The van der Waals surface area contributed by atoms with Gasteiger partial charge in [-0.1, -0.05) is 12.1 Å². The lowest BCUT2D eigenvalue weighted by Crippen LogP contribution is -2.49. The third-order valence-electron chi connectivity index (χ3n) is 7.98. The molecule has 2 aromatic carbocycles. The van der Waals surface area contributed by atoms with Crippen molar-refractivity contribution in [2.24, 2.45) is 21.7 Å². The molecule has 242 valence electrons. The molecule has 11 nitrogen and oxygen atoms in total. The zero-order chi connectivity index (χ0) is 32.1. The topological polar surface area (TPSA) is 120 Å². The van der Waals surface area contributed by atoms with E-state index in [2.05, 4.69) is 30.5 Å². The SMILES string of the molecule is COCCN(C)CC1C(c2ccc(NC(=O)Nc3cc(C(F)(F)F)ccc3F)cc2)=C2C(N)=NC=NN2C1CN1CCOCC1. The molecule has 0 bridgehead atoms. The van der Waals surface area contributed by atoms with E-state index in [-0.39, 0.29) is 12.0 Å². The summed E-state index contributed by atoms with van der Waals surface area (Å²) < 4.78 is 64.2. The highest BCUT2D eigenvalue weighted by atomic mass is 19.4. The first-order chi connectivity index (χ1) is 21.5. The number of hydrogen-bond donors (Lipinski definition) is 3. The quantitative estimate of drug-likeness (QED) is 0.342. The van der Waals surface area contributed by atoms with Crippen LogP contribution in [0.2, 0.25) is 0 Å². The fourth-order valence-corrected chi connectivity index (χ4v) is 5.74. The number of aliphatic imine (C=N–C) groups is 1. The minimum Gasteiger partial charge on any atom is -0.383 e. The molecular weight excluding hydrogens is 596 g/mol. The van der Waals surface area contributed by atoms with Crippen LogP contribution >= 0.6 is 0 Å². The number of alkyl halides is 3. The molecule has 0 radical (unpaired) electrons. The number of methoxy groups -OCH3 is 1. The number of fused-ring (bicyclic) bond motifs is 1. The number of anilines is 2. The number of urea groups is 1. The fourth-order valence-electron chi connectivity index (χ4n) is 5.74. The predicted octanol–water partition coefficient (Wildman–Crippen LogP) is 3.72. The third kappa shape index (κ3) is 7.61. The van der Waals surface area contributed by atoms with Crippen LogP contribution in [0.5, 0.6) is 0 Å². The summed E-state index contributed by atoms with van der Waals surface area (Å²) in [5.41, 5.74) is 7.67. The average molecular weight is 633 g/mol. The van der Waals surface area contributed by atoms with E-state index in [4.69, 9.17) is 15.2 Å². The highest BCUT2D eigenvalue weighted by Crippen LogP contribution is 2.43. The minimum absolute atomic E-state index is 0.0281. The van der Waals surface area contributed by atoms with E-state index in [9.17, 15) is 22.4 Å². The Morgan fingerprint density at radius 2 is 1.89 bits per heavy atom. The molecule has 2 aromatic rings. The highest BCUT2D eigenvalue weighted by Gasteiger charge is 2.44. The molecule has 0 aliphatic carbocycles. The number of nitrogens with two attached hydrogens (primary N) is 1. The van der Waals surface area contributed by atoms with E-state index in [0.29, 0.717) is 56.1 Å². The van der Waals surface area contributed by atoms with Crippen molar-refractivity contribution < 1.29 is 31.8 Å². The molecule has 2 unspecified atom stereocenters. The second-order valence-electron chi connectivity index (χ2n) is 11.0. The molecule has 5 rings (SSSR count). The van der Waals surface area contributed by atoms with Gasteiger partial charge in [-0.25, -0.2) is 14.2 Å². The second-order valence-corrected chi connectivity index (χ2v) is 11.0. The van der Waals surface area contributed by atoms with Crippen molar-refractivity contribution in [1.29, 1.82) is 0 Å². The van der Waals surface area contributed by atoms with Crippen LogP contribution in [0.3, 0.4) is 0 Å². The first-order valence-corrected chi connectivity index (χ1v) is 14.5. The largest absolute Gasteiger partial charge is 0.416 e. The van der Waals surface area contributed by atoms with Crippen molar-refractivity contribution in [3.8, 4) is 0 Å². The number of ether oxygens (including phenoxy) is 2. The van der Waals surface area contributed by atoms with Gasteiger partial charge in [0.15, 0.2) is 5.84 Å². The average Bonchev–Trinajstić information content (AvgIpc) is 3.31. The number of morpholine rings is 1. The molecule has 1 saturated heterocycles. The number of benzene rings is 2. The first kappa shape index (κ1) is 32.3. The lowest BCUT2D eigenvalue weighted by molar-refractivity contribution is -0.137. The fraction of sp³-hybridized carbons (Fsp3) is 0.433. The number of hydrogen-bond acceptors (Lipinski definition) is 9. The molecule has 1 fully saturated rings. The van der Waals surface area contributed by atoms with E-state index in [1.165, 1.54) is 6.34 Å². The van der Waals surface area contributed by atoms with Crippen molar-refractivity contribution in [2.75, 3.05) is 77.3 Å². The van der Waals surface area contributed by atoms with Crippen LogP contribution in [0.25, 0.3) is 5.57 Å². The number of halogens is 4. The summed E-state index contributed by atoms with van der Waals surface area (Å²) in [6.07, 6.45) is -3.23. The first-order valence-electron chi connectivity index (χ1n) is 14.5. The maximum atomic E-state index is 14.2. The molecular formula is C30H36F4N8O3. The van der Waals surface area contributed by atoms with Crippen LogP contribution in [0.15, 0.2) is 58.3 Å². The highest BCUT2D eigenvalue weighted by molar-refractivity contribution is 6.08. The molecule has 3 aliphatic rings. The Kier molecular flexibility index (Phi) is 10.0. The number of hydrazone groups is 1. The number of nitrogens with one attached hydrogen (secondary N) is 2. The second kappa shape index (κ2) is 13.9. The summed E-state index contributed by atoms with van der Waals surface area (Å²) in [5.74, 6) is -0.673. The molecule has 0 spiro atoms. The Morgan fingerprint density at radius 1 is 1.16 bits per heavy atom. The number of rotatable bonds is 10. The number of amides is 2. The van der Waals surface area contributed by atoms with Crippen molar-refractivity contribution in [3.05, 3.63) is 65.1 Å². The van der Waals surface area contributed by atoms with Crippen LogP contribution in [0, 0.1) is 11.7 Å². The number of carbonyl (C=O) groups excluding carboxylic acids is 1. The van der Waals surface area contributed by atoms with Crippen molar-refractivity contribution in [2.45, 2.75) is 12.2 Å². The normalized spacial score (nSPS) is 20.4. The van der Waals surface area contributed by atoms with Gasteiger partial charge in [-0.15, -0.1) is 0 Å². The molecule has 3 aliphatic heterocycles. The molecule has 45 heavy (non-hydrogen) atoms. The number of amidine groups is 1. The Balaban J connectivity index is 1.39. The number of likely N-dealkylation sites (N-methyl/N-ethyl adjacent to an activating group) is 1. The standard InChI is InChI=1S/C30H36F4N8O3/c1-40(9-12-44-2)16-22-25(17-41-10-13-45-14-11-41)42-27(28(35)36-18-37-42)26(22)19-3-6-21(7-4-19)38-29(43)39-24-15-20(30(32,33)34)5-8-23(24)31/h3-8,15,18,22,25H,9-14,16-17H2,1-2H3,(H2,35,36,37)(H2,38,39,43). The third-order valence-corrected chi connectivity index (χ3v) is 7.98. The molecule has 15 heteroatoms. The van der Waals surface area contributed by atoms with Crippen LogP contribution in [-0.2, 0) is 15.7 Å². The van der Waals surface area contributed by atoms with Gasteiger partial charge in [-0.05, 0) is 48.5 Å². The van der Waals surface area contributed by atoms with Gasteiger partial charge in [0.05, 0.1) is 37.1 Å². The monoisotopic (exact) mass is 632 g/mol. The number of carbonyl (C=O) groups is 1. The van der Waals surface area contributed by atoms with Crippen molar-refractivity contribution in [1.82, 2.24) is 14.8 Å². The van der Waals surface area contributed by atoms with Gasteiger partial charge in [0.2, 0.25) is 0 Å². The van der Waals surface area contributed by atoms with Gasteiger partial charge in [-0.3, -0.25) is 9.91 Å². The van der Waals surface area contributed by atoms with E-state index in [1.807, 2.05) is 24.2 Å². The summed E-state index contributed by atoms with van der Waals surface area (Å²) in [7, 11) is 3.69. The Bertz CT molecular complexity index is 1460. The van der Waals surface area contributed by atoms with Gasteiger partial charge in [-0.2, -0.15) is 18.3 Å². The maximum Gasteiger partial charge on any atom is 0.416 e. The van der Waals surface area contributed by atoms with E-state index >= 15 is 0 Å². The molecule has 4 N–H and O–H groups in total. The lowest BCUT2D eigenvalue weighted by atomic mass is 9.87.